The topological polar surface area (TPSA) is 87.4 Å². The molecule has 1 aliphatic carbocycles. The molecule has 1 aliphatic rings. The molecule has 0 spiro atoms. The van der Waals surface area contributed by atoms with Gasteiger partial charge in [0.05, 0.1) is 0 Å². The first kappa shape index (κ1) is 14.8. The van der Waals surface area contributed by atoms with Gasteiger partial charge in [0.1, 0.15) is 5.52 Å². The van der Waals surface area contributed by atoms with Gasteiger partial charge in [-0.3, -0.25) is 0 Å². The number of aryl methyl sites for hydroxylation is 1. The summed E-state index contributed by atoms with van der Waals surface area (Å²) in [5.41, 5.74) is 2.09. The van der Waals surface area contributed by atoms with Gasteiger partial charge in [-0.15, -0.1) is 0 Å². The van der Waals surface area contributed by atoms with Gasteiger partial charge in [-0.1, -0.05) is 12.8 Å². The summed E-state index contributed by atoms with van der Waals surface area (Å²) in [6, 6.07) is 5.17. The number of urea groups is 1. The Hall–Kier alpha value is -2.08. The predicted molar refractivity (Wildman–Crippen MR) is 83.7 cm³/mol. The first-order valence-electron chi connectivity index (χ1n) is 7.71. The number of nitrogens with one attached hydrogen (secondary N) is 2. The third kappa shape index (κ3) is 3.22. The summed E-state index contributed by atoms with van der Waals surface area (Å²) in [5, 5.41) is 15.2. The number of aliphatic hydroxyl groups is 1. The minimum Gasteiger partial charge on any atom is -0.441 e. The Morgan fingerprint density at radius 2 is 2.23 bits per heavy atom. The van der Waals surface area contributed by atoms with Crippen molar-refractivity contribution in [1.82, 2.24) is 10.3 Å². The zero-order chi connectivity index (χ0) is 15.5. The van der Waals surface area contributed by atoms with Crippen LogP contribution in [-0.4, -0.2) is 28.8 Å². The van der Waals surface area contributed by atoms with Crippen molar-refractivity contribution >= 4 is 22.8 Å². The maximum atomic E-state index is 12.1. The molecule has 2 aromatic rings. The molecule has 2 amide bonds. The Morgan fingerprint density at radius 3 is 3.05 bits per heavy atom. The van der Waals surface area contributed by atoms with Gasteiger partial charge in [0.15, 0.2) is 11.5 Å². The summed E-state index contributed by atoms with van der Waals surface area (Å²) in [6.07, 6.45) is 4.08. The molecule has 1 heterocycles. The van der Waals surface area contributed by atoms with E-state index in [-0.39, 0.29) is 24.6 Å². The molecule has 3 N–H and O–H groups in total. The van der Waals surface area contributed by atoms with Crippen LogP contribution in [0.2, 0.25) is 0 Å². The Labute approximate surface area is 128 Å². The molecule has 1 aromatic carbocycles. The molecular weight excluding hydrogens is 282 g/mol. The van der Waals surface area contributed by atoms with E-state index in [0.717, 1.165) is 31.2 Å². The number of aliphatic hydroxyl groups excluding tert-OH is 1. The first-order chi connectivity index (χ1) is 10.7. The average Bonchev–Trinajstić information content (AvgIpc) is 2.87. The number of hydrogen-bond donors (Lipinski definition) is 3. The summed E-state index contributed by atoms with van der Waals surface area (Å²) in [6.45, 7) is 1.91. The van der Waals surface area contributed by atoms with E-state index in [1.54, 1.807) is 19.1 Å². The van der Waals surface area contributed by atoms with E-state index >= 15 is 0 Å². The zero-order valence-electron chi connectivity index (χ0n) is 12.6. The number of nitrogens with zero attached hydrogens (tertiary/aromatic N) is 1. The van der Waals surface area contributed by atoms with Gasteiger partial charge in [0.2, 0.25) is 0 Å². The van der Waals surface area contributed by atoms with Crippen molar-refractivity contribution in [3.8, 4) is 0 Å². The summed E-state index contributed by atoms with van der Waals surface area (Å²) in [5.74, 6) is 0.753. The highest BCUT2D eigenvalue weighted by molar-refractivity contribution is 5.91. The van der Waals surface area contributed by atoms with Gasteiger partial charge < -0.3 is 20.2 Å². The van der Waals surface area contributed by atoms with Crippen LogP contribution >= 0.6 is 0 Å². The molecule has 6 nitrogen and oxygen atoms in total. The molecule has 0 aliphatic heterocycles. The normalized spacial score (nSPS) is 21.7. The van der Waals surface area contributed by atoms with Crippen LogP contribution < -0.4 is 10.6 Å². The average molecular weight is 303 g/mol. The molecule has 0 radical (unpaired) electrons. The fraction of sp³-hybridized carbons (Fsp3) is 0.500. The fourth-order valence-electron chi connectivity index (χ4n) is 3.07. The quantitative estimate of drug-likeness (QED) is 0.813. The summed E-state index contributed by atoms with van der Waals surface area (Å²) in [7, 11) is 0. The van der Waals surface area contributed by atoms with Crippen LogP contribution in [0.4, 0.5) is 10.5 Å². The second kappa shape index (κ2) is 6.36. The van der Waals surface area contributed by atoms with Crippen molar-refractivity contribution in [2.75, 3.05) is 11.9 Å². The van der Waals surface area contributed by atoms with Crippen LogP contribution in [0.5, 0.6) is 0 Å². The van der Waals surface area contributed by atoms with E-state index in [1.807, 2.05) is 6.07 Å². The van der Waals surface area contributed by atoms with Crippen LogP contribution in [0.25, 0.3) is 11.1 Å². The Bertz CT molecular complexity index is 668. The third-order valence-corrected chi connectivity index (χ3v) is 4.21. The molecule has 1 saturated carbocycles. The molecular formula is C16H21N3O3. The lowest BCUT2D eigenvalue weighted by atomic mass is 9.85. The molecule has 0 bridgehead atoms. The van der Waals surface area contributed by atoms with Gasteiger partial charge in [-0.05, 0) is 25.0 Å². The number of anilines is 1. The summed E-state index contributed by atoms with van der Waals surface area (Å²) in [4.78, 5) is 16.4. The number of oxazole rings is 1. The third-order valence-electron chi connectivity index (χ3n) is 4.21. The highest BCUT2D eigenvalue weighted by Crippen LogP contribution is 2.24. The Kier molecular flexibility index (Phi) is 4.29. The smallest absolute Gasteiger partial charge is 0.319 e. The predicted octanol–water partition coefficient (Wildman–Crippen LogP) is 2.81. The first-order valence-corrected chi connectivity index (χ1v) is 7.71. The van der Waals surface area contributed by atoms with E-state index in [0.29, 0.717) is 17.2 Å². The van der Waals surface area contributed by atoms with E-state index in [9.17, 15) is 9.90 Å². The molecule has 1 fully saturated rings. The van der Waals surface area contributed by atoms with Gasteiger partial charge in [-0.25, -0.2) is 9.78 Å². The van der Waals surface area contributed by atoms with Crippen LogP contribution in [0.1, 0.15) is 31.6 Å². The van der Waals surface area contributed by atoms with Gasteiger partial charge in [-0.2, -0.15) is 0 Å². The highest BCUT2D eigenvalue weighted by Gasteiger charge is 2.25. The molecule has 118 valence electrons. The van der Waals surface area contributed by atoms with Crippen LogP contribution in [0.15, 0.2) is 22.6 Å². The van der Waals surface area contributed by atoms with Gasteiger partial charge in [0, 0.05) is 37.2 Å². The van der Waals surface area contributed by atoms with E-state index in [2.05, 4.69) is 15.6 Å². The van der Waals surface area contributed by atoms with E-state index < -0.39 is 0 Å². The zero-order valence-corrected chi connectivity index (χ0v) is 12.6. The van der Waals surface area contributed by atoms with Crippen molar-refractivity contribution in [2.45, 2.75) is 38.6 Å². The molecule has 0 saturated heterocycles. The maximum absolute atomic E-state index is 12.1. The monoisotopic (exact) mass is 303 g/mol. The lowest BCUT2D eigenvalue weighted by Gasteiger charge is -2.30. The minimum atomic E-state index is -0.249. The van der Waals surface area contributed by atoms with E-state index in [4.69, 9.17) is 4.42 Å². The summed E-state index contributed by atoms with van der Waals surface area (Å²) >= 11 is 0. The second-order valence-corrected chi connectivity index (χ2v) is 5.85. The number of benzene rings is 1. The number of carbonyl (C=O) groups excluding carboxylic acids is 1. The van der Waals surface area contributed by atoms with E-state index in [1.165, 1.54) is 0 Å². The second-order valence-electron chi connectivity index (χ2n) is 5.85. The largest absolute Gasteiger partial charge is 0.441 e. The van der Waals surface area contributed by atoms with Crippen molar-refractivity contribution in [3.05, 3.63) is 24.1 Å². The number of carbonyl (C=O) groups is 1. The van der Waals surface area contributed by atoms with Crippen LogP contribution in [0.3, 0.4) is 0 Å². The Morgan fingerprint density at radius 1 is 1.41 bits per heavy atom. The lowest BCUT2D eigenvalue weighted by Crippen LogP contribution is -2.45. The van der Waals surface area contributed by atoms with Gasteiger partial charge in [0.25, 0.3) is 0 Å². The molecule has 22 heavy (non-hydrogen) atoms. The SMILES string of the molecule is Cc1nc2ccc(NC(=O)NC3CCCCC3CO)cc2o1. The lowest BCUT2D eigenvalue weighted by molar-refractivity contribution is 0.156. The minimum absolute atomic E-state index is 0.0370. The number of rotatable bonds is 3. The van der Waals surface area contributed by atoms with Crippen molar-refractivity contribution in [3.63, 3.8) is 0 Å². The molecule has 2 atom stereocenters. The standard InChI is InChI=1S/C16H21N3O3/c1-10-17-14-7-6-12(8-15(14)22-10)18-16(21)19-13-5-3-2-4-11(13)9-20/h6-8,11,13,20H,2-5,9H2,1H3,(H2,18,19,21). The molecule has 2 unspecified atom stereocenters. The Balaban J connectivity index is 1.64. The summed E-state index contributed by atoms with van der Waals surface area (Å²) < 4.78 is 5.46. The number of hydrogen-bond acceptors (Lipinski definition) is 4. The van der Waals surface area contributed by atoms with Crippen molar-refractivity contribution in [2.24, 2.45) is 5.92 Å². The number of fused-ring (bicyclic) bond motifs is 1. The number of aromatic nitrogens is 1. The fourth-order valence-corrected chi connectivity index (χ4v) is 3.07. The maximum Gasteiger partial charge on any atom is 0.319 e. The highest BCUT2D eigenvalue weighted by atomic mass is 16.3. The molecule has 1 aromatic heterocycles. The van der Waals surface area contributed by atoms with Crippen LogP contribution in [0, 0.1) is 12.8 Å². The van der Waals surface area contributed by atoms with Crippen molar-refractivity contribution in [1.29, 1.82) is 0 Å². The van der Waals surface area contributed by atoms with Gasteiger partial charge >= 0.3 is 6.03 Å². The number of amides is 2. The molecule has 3 rings (SSSR count). The van der Waals surface area contributed by atoms with Crippen LogP contribution in [-0.2, 0) is 0 Å². The van der Waals surface area contributed by atoms with Crippen molar-refractivity contribution < 1.29 is 14.3 Å². The molecule has 6 heteroatoms.